The van der Waals surface area contributed by atoms with Crippen molar-refractivity contribution in [3.05, 3.63) is 59.4 Å². The van der Waals surface area contributed by atoms with Gasteiger partial charge < -0.3 is 0 Å². The molecule has 0 heterocycles. The number of rotatable bonds is 3. The maximum absolute atomic E-state index is 13.7. The lowest BCUT2D eigenvalue weighted by atomic mass is 10.2. The molecule has 0 spiro atoms. The molecule has 106 valence electrons. The van der Waals surface area contributed by atoms with Gasteiger partial charge in [-0.2, -0.15) is 0 Å². The summed E-state index contributed by atoms with van der Waals surface area (Å²) in [7, 11) is -4.55. The van der Waals surface area contributed by atoms with E-state index in [1.165, 1.54) is 25.1 Å². The summed E-state index contributed by atoms with van der Waals surface area (Å²) in [5.74, 6) is -3.29. The number of sulfonamides is 1. The van der Waals surface area contributed by atoms with Gasteiger partial charge in [-0.25, -0.2) is 21.6 Å². The van der Waals surface area contributed by atoms with Crippen LogP contribution in [0.1, 0.15) is 5.56 Å². The van der Waals surface area contributed by atoms with Crippen molar-refractivity contribution in [2.24, 2.45) is 0 Å². The van der Waals surface area contributed by atoms with Crippen LogP contribution in [0.2, 0.25) is 0 Å². The molecule has 3 nitrogen and oxygen atoms in total. The van der Waals surface area contributed by atoms with Crippen LogP contribution in [0.25, 0.3) is 0 Å². The van der Waals surface area contributed by atoms with Gasteiger partial charge in [-0.3, -0.25) is 4.72 Å². The third-order valence-electron chi connectivity index (χ3n) is 2.62. The highest BCUT2D eigenvalue weighted by Crippen LogP contribution is 2.24. The second-order valence-corrected chi connectivity index (χ2v) is 5.71. The van der Waals surface area contributed by atoms with Gasteiger partial charge in [0.2, 0.25) is 0 Å². The topological polar surface area (TPSA) is 46.2 Å². The smallest absolute Gasteiger partial charge is 0.267 e. The minimum absolute atomic E-state index is 0.208. The summed E-state index contributed by atoms with van der Waals surface area (Å²) in [6, 6.07) is 6.69. The molecule has 0 bridgehead atoms. The van der Waals surface area contributed by atoms with Crippen LogP contribution < -0.4 is 4.72 Å². The van der Waals surface area contributed by atoms with Crippen molar-refractivity contribution in [3.63, 3.8) is 0 Å². The largest absolute Gasteiger partial charge is 0.276 e. The molecule has 0 unspecified atom stereocenters. The first-order valence-electron chi connectivity index (χ1n) is 5.55. The monoisotopic (exact) mass is 301 g/mol. The Morgan fingerprint density at radius 2 is 1.50 bits per heavy atom. The van der Waals surface area contributed by atoms with Crippen molar-refractivity contribution in [1.29, 1.82) is 0 Å². The van der Waals surface area contributed by atoms with Crippen LogP contribution in [0, 0.1) is 24.4 Å². The minimum atomic E-state index is -4.55. The van der Waals surface area contributed by atoms with E-state index in [1.54, 1.807) is 0 Å². The predicted octanol–water partition coefficient (Wildman–Crippen LogP) is 3.21. The molecule has 1 N–H and O–H groups in total. The highest BCUT2D eigenvalue weighted by Gasteiger charge is 2.24. The molecular weight excluding hydrogens is 291 g/mol. The molecule has 0 aromatic heterocycles. The first-order valence-corrected chi connectivity index (χ1v) is 7.03. The van der Waals surface area contributed by atoms with Gasteiger partial charge in [0.05, 0.1) is 5.69 Å². The zero-order chi connectivity index (χ0) is 14.9. The van der Waals surface area contributed by atoms with Crippen LogP contribution in [0.15, 0.2) is 41.3 Å². The van der Waals surface area contributed by atoms with Gasteiger partial charge in [0, 0.05) is 0 Å². The van der Waals surface area contributed by atoms with Gasteiger partial charge in [0.15, 0.2) is 4.90 Å². The summed E-state index contributed by atoms with van der Waals surface area (Å²) < 4.78 is 66.4. The summed E-state index contributed by atoms with van der Waals surface area (Å²) in [6.45, 7) is 1.44. The van der Waals surface area contributed by atoms with Crippen molar-refractivity contribution in [3.8, 4) is 0 Å². The number of hydrogen-bond donors (Lipinski definition) is 1. The molecule has 2 aromatic carbocycles. The summed E-state index contributed by atoms with van der Waals surface area (Å²) in [6.07, 6.45) is 0. The number of aryl methyl sites for hydroxylation is 1. The van der Waals surface area contributed by atoms with E-state index in [1.807, 2.05) is 4.72 Å². The molecule has 20 heavy (non-hydrogen) atoms. The second-order valence-electron chi connectivity index (χ2n) is 4.09. The van der Waals surface area contributed by atoms with Gasteiger partial charge in [0.1, 0.15) is 17.5 Å². The van der Waals surface area contributed by atoms with Crippen molar-refractivity contribution < 1.29 is 21.6 Å². The summed E-state index contributed by atoms with van der Waals surface area (Å²) in [4.78, 5) is -1.14. The molecule has 2 aromatic rings. The van der Waals surface area contributed by atoms with E-state index in [0.717, 1.165) is 18.2 Å². The zero-order valence-corrected chi connectivity index (χ0v) is 11.1. The van der Waals surface area contributed by atoms with E-state index in [2.05, 4.69) is 0 Å². The van der Waals surface area contributed by atoms with Crippen LogP contribution in [0.3, 0.4) is 0 Å². The molecule has 0 aliphatic carbocycles. The van der Waals surface area contributed by atoms with Crippen LogP contribution in [0.5, 0.6) is 0 Å². The Bertz CT molecular complexity index is 740. The van der Waals surface area contributed by atoms with Crippen molar-refractivity contribution in [2.75, 3.05) is 4.72 Å². The highest BCUT2D eigenvalue weighted by atomic mass is 32.2. The molecule has 0 amide bonds. The zero-order valence-electron chi connectivity index (χ0n) is 10.3. The van der Waals surface area contributed by atoms with E-state index < -0.39 is 32.4 Å². The Morgan fingerprint density at radius 3 is 2.10 bits per heavy atom. The van der Waals surface area contributed by atoms with Gasteiger partial charge in [-0.15, -0.1) is 0 Å². The van der Waals surface area contributed by atoms with E-state index in [-0.39, 0.29) is 11.3 Å². The van der Waals surface area contributed by atoms with E-state index in [9.17, 15) is 21.6 Å². The number of nitrogens with one attached hydrogen (secondary N) is 1. The standard InChI is InChI=1S/C13H10F3NO2S/c1-8-4-2-7-11(12(8)16)17-20(18,19)13-9(14)5-3-6-10(13)15/h2-7,17H,1H3. The molecule has 0 saturated heterocycles. The fraction of sp³-hybridized carbons (Fsp3) is 0.0769. The molecular formula is C13H10F3NO2S. The van der Waals surface area contributed by atoms with Crippen molar-refractivity contribution in [2.45, 2.75) is 11.8 Å². The Kier molecular flexibility index (Phi) is 3.71. The van der Waals surface area contributed by atoms with Crippen LogP contribution in [0.4, 0.5) is 18.9 Å². The predicted molar refractivity (Wildman–Crippen MR) is 68.3 cm³/mol. The average Bonchev–Trinajstić information content (AvgIpc) is 2.34. The van der Waals surface area contributed by atoms with E-state index in [4.69, 9.17) is 0 Å². The van der Waals surface area contributed by atoms with Gasteiger partial charge in [0.25, 0.3) is 10.0 Å². The molecule has 0 aliphatic heterocycles. The quantitative estimate of drug-likeness (QED) is 0.946. The van der Waals surface area contributed by atoms with Gasteiger partial charge in [-0.05, 0) is 30.7 Å². The van der Waals surface area contributed by atoms with Crippen molar-refractivity contribution >= 4 is 15.7 Å². The number of halogens is 3. The minimum Gasteiger partial charge on any atom is -0.276 e. The molecule has 0 radical (unpaired) electrons. The molecule has 0 atom stereocenters. The highest BCUT2D eigenvalue weighted by molar-refractivity contribution is 7.92. The Labute approximate surface area is 114 Å². The maximum Gasteiger partial charge on any atom is 0.267 e. The summed E-state index contributed by atoms with van der Waals surface area (Å²) in [5.41, 5.74) is -0.160. The lowest BCUT2D eigenvalue weighted by molar-refractivity contribution is 0.521. The normalized spacial score (nSPS) is 11.4. The fourth-order valence-corrected chi connectivity index (χ4v) is 2.86. The average molecular weight is 301 g/mol. The molecule has 7 heteroatoms. The third-order valence-corrected chi connectivity index (χ3v) is 4.04. The van der Waals surface area contributed by atoms with Gasteiger partial charge >= 0.3 is 0 Å². The second kappa shape index (κ2) is 5.16. The first kappa shape index (κ1) is 14.4. The Morgan fingerprint density at radius 1 is 0.950 bits per heavy atom. The third kappa shape index (κ3) is 2.62. The number of anilines is 1. The SMILES string of the molecule is Cc1cccc(NS(=O)(=O)c2c(F)cccc2F)c1F. The van der Waals surface area contributed by atoms with Crippen LogP contribution >= 0.6 is 0 Å². The molecule has 0 fully saturated rings. The molecule has 0 saturated carbocycles. The van der Waals surface area contributed by atoms with Gasteiger partial charge in [-0.1, -0.05) is 18.2 Å². The number of benzene rings is 2. The summed E-state index contributed by atoms with van der Waals surface area (Å²) in [5, 5.41) is 0. The Hall–Kier alpha value is -2.02. The van der Waals surface area contributed by atoms with Crippen LogP contribution in [-0.4, -0.2) is 8.42 Å². The van der Waals surface area contributed by atoms with E-state index in [0.29, 0.717) is 0 Å². The fourth-order valence-electron chi connectivity index (χ4n) is 1.66. The first-order chi connectivity index (χ1) is 9.33. The van der Waals surface area contributed by atoms with Crippen LogP contribution in [-0.2, 0) is 10.0 Å². The number of hydrogen-bond acceptors (Lipinski definition) is 2. The van der Waals surface area contributed by atoms with Crippen molar-refractivity contribution in [1.82, 2.24) is 0 Å². The lowest BCUT2D eigenvalue weighted by Crippen LogP contribution is -2.17. The molecule has 0 aliphatic rings. The lowest BCUT2D eigenvalue weighted by Gasteiger charge is -2.11. The Balaban J connectivity index is 2.50. The maximum atomic E-state index is 13.7. The molecule has 2 rings (SSSR count). The van der Waals surface area contributed by atoms with E-state index >= 15 is 0 Å². The summed E-state index contributed by atoms with van der Waals surface area (Å²) >= 11 is 0.